The van der Waals surface area contributed by atoms with Gasteiger partial charge in [-0.2, -0.15) is 4.98 Å². The molecule has 0 amide bonds. The van der Waals surface area contributed by atoms with Gasteiger partial charge in [0.05, 0.1) is 10.9 Å². The summed E-state index contributed by atoms with van der Waals surface area (Å²) in [5, 5.41) is 3.99. The van der Waals surface area contributed by atoms with Gasteiger partial charge in [-0.3, -0.25) is 0 Å². The highest BCUT2D eigenvalue weighted by Gasteiger charge is 2.21. The quantitative estimate of drug-likeness (QED) is 0.924. The predicted molar refractivity (Wildman–Crippen MR) is 71.4 cm³/mol. The minimum Gasteiger partial charge on any atom is -0.333 e. The van der Waals surface area contributed by atoms with E-state index >= 15 is 0 Å². The molecule has 1 atom stereocenters. The molecule has 0 saturated carbocycles. The average Bonchev–Trinajstić information content (AvgIpc) is 3.01. The van der Waals surface area contributed by atoms with Crippen molar-refractivity contribution in [1.82, 2.24) is 10.1 Å². The molecule has 96 valence electrons. The molecule has 1 aliphatic carbocycles. The number of thiophene rings is 1. The molecule has 3 rings (SSSR count). The van der Waals surface area contributed by atoms with Crippen LogP contribution in [0, 0.1) is 5.92 Å². The monoisotopic (exact) mass is 263 g/mol. The molecule has 18 heavy (non-hydrogen) atoms. The van der Waals surface area contributed by atoms with Crippen molar-refractivity contribution < 1.29 is 4.52 Å². The molecule has 0 fully saturated rings. The lowest BCUT2D eigenvalue weighted by atomic mass is 10.1. The molecule has 0 bridgehead atoms. The first-order valence-electron chi connectivity index (χ1n) is 6.36. The van der Waals surface area contributed by atoms with Crippen LogP contribution >= 0.6 is 11.3 Å². The molecular formula is C13H17N3OS. The van der Waals surface area contributed by atoms with E-state index in [0.717, 1.165) is 4.88 Å². The van der Waals surface area contributed by atoms with Crippen molar-refractivity contribution in [3.05, 3.63) is 22.3 Å². The minimum atomic E-state index is -0.158. The summed E-state index contributed by atoms with van der Waals surface area (Å²) in [5.41, 5.74) is 7.47. The fraction of sp³-hybridized carbons (Fsp3) is 0.538. The second-order valence-corrected chi connectivity index (χ2v) is 6.28. The average molecular weight is 263 g/mol. The highest BCUT2D eigenvalue weighted by atomic mass is 32.1. The van der Waals surface area contributed by atoms with Gasteiger partial charge in [0.25, 0.3) is 5.89 Å². The van der Waals surface area contributed by atoms with Crippen LogP contribution in [0.4, 0.5) is 0 Å². The Balaban J connectivity index is 1.88. The number of rotatable bonds is 3. The van der Waals surface area contributed by atoms with Crippen LogP contribution in [0.5, 0.6) is 0 Å². The van der Waals surface area contributed by atoms with E-state index in [1.807, 2.05) is 0 Å². The lowest BCUT2D eigenvalue weighted by molar-refractivity contribution is 0.400. The number of nitrogens with two attached hydrogens (primary N) is 1. The first-order valence-corrected chi connectivity index (χ1v) is 7.18. The summed E-state index contributed by atoms with van der Waals surface area (Å²) >= 11 is 1.77. The Bertz CT molecular complexity index is 537. The summed E-state index contributed by atoms with van der Waals surface area (Å²) in [6.07, 6.45) is 3.64. The number of aromatic nitrogens is 2. The van der Waals surface area contributed by atoms with Gasteiger partial charge in [-0.15, -0.1) is 11.3 Å². The van der Waals surface area contributed by atoms with Gasteiger partial charge in [0, 0.05) is 4.88 Å². The summed E-state index contributed by atoms with van der Waals surface area (Å²) in [4.78, 5) is 6.97. The molecule has 0 aliphatic heterocycles. The van der Waals surface area contributed by atoms with Crippen molar-refractivity contribution in [2.24, 2.45) is 11.7 Å². The number of nitrogens with zero attached hydrogens (tertiary/aromatic N) is 2. The van der Waals surface area contributed by atoms with Crippen LogP contribution in [0.2, 0.25) is 0 Å². The number of fused-ring (bicyclic) bond motifs is 1. The van der Waals surface area contributed by atoms with Gasteiger partial charge in [-0.25, -0.2) is 0 Å². The molecule has 1 aliphatic rings. The van der Waals surface area contributed by atoms with E-state index in [1.54, 1.807) is 11.3 Å². The van der Waals surface area contributed by atoms with E-state index in [9.17, 15) is 0 Å². The summed E-state index contributed by atoms with van der Waals surface area (Å²) in [6, 6.07) is 2.03. The van der Waals surface area contributed by atoms with Gasteiger partial charge >= 0.3 is 0 Å². The second-order valence-electron chi connectivity index (χ2n) is 5.14. The molecule has 0 saturated heterocycles. The number of aryl methyl sites for hydroxylation is 2. The maximum absolute atomic E-state index is 6.02. The van der Waals surface area contributed by atoms with E-state index in [0.29, 0.717) is 17.6 Å². The molecule has 2 aromatic rings. The van der Waals surface area contributed by atoms with Crippen LogP contribution < -0.4 is 5.73 Å². The van der Waals surface area contributed by atoms with Crippen molar-refractivity contribution >= 4 is 11.3 Å². The Morgan fingerprint density at radius 3 is 2.94 bits per heavy atom. The normalized spacial score (nSPS) is 16.2. The lowest BCUT2D eigenvalue weighted by Crippen LogP contribution is -2.18. The van der Waals surface area contributed by atoms with E-state index in [4.69, 9.17) is 10.3 Å². The van der Waals surface area contributed by atoms with Gasteiger partial charge in [0.2, 0.25) is 0 Å². The van der Waals surface area contributed by atoms with Crippen LogP contribution in [-0.4, -0.2) is 10.1 Å². The first-order chi connectivity index (χ1) is 8.65. The molecule has 1 unspecified atom stereocenters. The number of hydrogen-bond acceptors (Lipinski definition) is 5. The second kappa shape index (κ2) is 4.48. The van der Waals surface area contributed by atoms with Gasteiger partial charge in [-0.05, 0) is 36.8 Å². The SMILES string of the molecule is CC(C)C(N)c1noc(-c2cc3c(s2)CCC3)n1. The third-order valence-electron chi connectivity index (χ3n) is 3.42. The van der Waals surface area contributed by atoms with E-state index in [-0.39, 0.29) is 6.04 Å². The summed E-state index contributed by atoms with van der Waals surface area (Å²) in [7, 11) is 0. The summed E-state index contributed by atoms with van der Waals surface area (Å²) in [5.74, 6) is 1.53. The van der Waals surface area contributed by atoms with E-state index in [2.05, 4.69) is 30.1 Å². The molecule has 0 radical (unpaired) electrons. The topological polar surface area (TPSA) is 64.9 Å². The summed E-state index contributed by atoms with van der Waals surface area (Å²) < 4.78 is 5.33. The van der Waals surface area contributed by atoms with Gasteiger partial charge in [-0.1, -0.05) is 19.0 Å². The first kappa shape index (κ1) is 11.9. The van der Waals surface area contributed by atoms with Crippen molar-refractivity contribution in [1.29, 1.82) is 0 Å². The van der Waals surface area contributed by atoms with Crippen LogP contribution in [0.1, 0.15) is 42.6 Å². The fourth-order valence-electron chi connectivity index (χ4n) is 2.20. The highest BCUT2D eigenvalue weighted by Crippen LogP contribution is 2.36. The standard InChI is InChI=1S/C13H17N3OS/c1-7(2)11(14)12-15-13(17-16-12)10-6-8-4-3-5-9(8)18-10/h6-7,11H,3-5,14H2,1-2H3. The van der Waals surface area contributed by atoms with Crippen molar-refractivity contribution in [2.75, 3.05) is 0 Å². The Morgan fingerprint density at radius 1 is 1.39 bits per heavy atom. The maximum Gasteiger partial charge on any atom is 0.268 e. The fourth-order valence-corrected chi connectivity index (χ4v) is 3.38. The maximum atomic E-state index is 6.02. The Morgan fingerprint density at radius 2 is 2.22 bits per heavy atom. The molecule has 4 nitrogen and oxygen atoms in total. The largest absolute Gasteiger partial charge is 0.333 e. The molecule has 0 spiro atoms. The van der Waals surface area contributed by atoms with Gasteiger partial charge in [0.15, 0.2) is 5.82 Å². The van der Waals surface area contributed by atoms with E-state index in [1.165, 1.54) is 29.7 Å². The highest BCUT2D eigenvalue weighted by molar-refractivity contribution is 7.15. The zero-order chi connectivity index (χ0) is 12.7. The van der Waals surface area contributed by atoms with Crippen LogP contribution in [0.25, 0.3) is 10.8 Å². The Labute approximate surface area is 110 Å². The van der Waals surface area contributed by atoms with Crippen molar-refractivity contribution in [2.45, 2.75) is 39.2 Å². The predicted octanol–water partition coefficient (Wildman–Crippen LogP) is 2.94. The molecule has 0 aromatic carbocycles. The molecule has 2 aromatic heterocycles. The van der Waals surface area contributed by atoms with Gasteiger partial charge < -0.3 is 10.3 Å². The van der Waals surface area contributed by atoms with Crippen LogP contribution in [0.15, 0.2) is 10.6 Å². The number of hydrogen-bond donors (Lipinski definition) is 1. The Hall–Kier alpha value is -1.20. The lowest BCUT2D eigenvalue weighted by Gasteiger charge is -2.09. The zero-order valence-electron chi connectivity index (χ0n) is 10.6. The van der Waals surface area contributed by atoms with Crippen LogP contribution in [-0.2, 0) is 12.8 Å². The Kier molecular flexibility index (Phi) is 2.95. The van der Waals surface area contributed by atoms with Gasteiger partial charge in [0.1, 0.15) is 0 Å². The van der Waals surface area contributed by atoms with Crippen molar-refractivity contribution in [3.63, 3.8) is 0 Å². The van der Waals surface area contributed by atoms with Crippen LogP contribution in [0.3, 0.4) is 0 Å². The third-order valence-corrected chi connectivity index (χ3v) is 4.64. The minimum absolute atomic E-state index is 0.158. The zero-order valence-corrected chi connectivity index (χ0v) is 11.5. The molecule has 2 N–H and O–H groups in total. The van der Waals surface area contributed by atoms with Crippen molar-refractivity contribution in [3.8, 4) is 10.8 Å². The summed E-state index contributed by atoms with van der Waals surface area (Å²) in [6.45, 7) is 4.11. The smallest absolute Gasteiger partial charge is 0.268 e. The third kappa shape index (κ3) is 1.97. The van der Waals surface area contributed by atoms with E-state index < -0.39 is 0 Å². The molecule has 5 heteroatoms. The molecule has 2 heterocycles. The molecular weight excluding hydrogens is 246 g/mol.